The molecule has 2 N–H and O–H groups in total. The van der Waals surface area contributed by atoms with Gasteiger partial charge in [-0.05, 0) is 80.9 Å². The van der Waals surface area contributed by atoms with Gasteiger partial charge < -0.3 is 30.1 Å². The van der Waals surface area contributed by atoms with Crippen molar-refractivity contribution in [3.05, 3.63) is 83.4 Å². The van der Waals surface area contributed by atoms with E-state index >= 15 is 0 Å². The van der Waals surface area contributed by atoms with E-state index in [2.05, 4.69) is 10.6 Å². The van der Waals surface area contributed by atoms with E-state index < -0.39 is 17.8 Å². The topological polar surface area (TPSA) is 94.2 Å². The molecule has 1 heterocycles. The first-order valence-electron chi connectivity index (χ1n) is 14.4. The fraction of sp³-hybridized carbons (Fsp3) is 0.344. The molecule has 4 rings (SSSR count). The van der Waals surface area contributed by atoms with Crippen molar-refractivity contribution in [3.63, 3.8) is 0 Å². The highest BCUT2D eigenvalue weighted by Gasteiger charge is 2.31. The van der Waals surface area contributed by atoms with E-state index in [4.69, 9.17) is 4.74 Å². The van der Waals surface area contributed by atoms with Crippen molar-refractivity contribution in [1.82, 2.24) is 9.80 Å². The highest BCUT2D eigenvalue weighted by atomic mass is 19.4. The Morgan fingerprint density at radius 3 is 2.23 bits per heavy atom. The molecule has 0 atom stereocenters. The van der Waals surface area contributed by atoms with Gasteiger partial charge in [-0.2, -0.15) is 13.2 Å². The first-order chi connectivity index (χ1) is 21.0. The number of anilines is 3. The summed E-state index contributed by atoms with van der Waals surface area (Å²) in [5.74, 6) is 0.106. The van der Waals surface area contributed by atoms with Crippen molar-refractivity contribution >= 4 is 34.9 Å². The standard InChI is InChI=1S/C32H36F3N5O4/c1-4-38(5-2)30(42)27-21-25(36-29(41)22-10-13-26(44-3)14-11-22)12-15-28(27)39-16-7-17-40(19-18-39)31(43)37-24-9-6-8-23(20-24)32(33,34)35/h6,8-15,20-21H,4-5,7,16-19H2,1-3H3,(H,36,41)(H,37,43). The van der Waals surface area contributed by atoms with Gasteiger partial charge in [-0.1, -0.05) is 6.07 Å². The van der Waals surface area contributed by atoms with Crippen LogP contribution in [0, 0.1) is 0 Å². The lowest BCUT2D eigenvalue weighted by Gasteiger charge is -2.28. The second-order valence-corrected chi connectivity index (χ2v) is 10.2. The minimum absolute atomic E-state index is 0.0605. The zero-order chi connectivity index (χ0) is 31.9. The normalized spacial score (nSPS) is 13.6. The number of amides is 4. The van der Waals surface area contributed by atoms with Crippen molar-refractivity contribution in [2.24, 2.45) is 0 Å². The molecule has 1 saturated heterocycles. The number of rotatable bonds is 8. The number of urea groups is 1. The summed E-state index contributed by atoms with van der Waals surface area (Å²) in [6.07, 6.45) is -3.94. The summed E-state index contributed by atoms with van der Waals surface area (Å²) in [6, 6.07) is 15.9. The summed E-state index contributed by atoms with van der Waals surface area (Å²) in [4.78, 5) is 44.8. The zero-order valence-corrected chi connectivity index (χ0v) is 24.9. The average molecular weight is 612 g/mol. The first kappa shape index (κ1) is 32.2. The number of carbonyl (C=O) groups excluding carboxylic acids is 3. The van der Waals surface area contributed by atoms with Gasteiger partial charge in [0.15, 0.2) is 0 Å². The summed E-state index contributed by atoms with van der Waals surface area (Å²) in [5.41, 5.74) is 1.20. The Labute approximate surface area is 254 Å². The molecule has 234 valence electrons. The van der Waals surface area contributed by atoms with E-state index in [0.717, 1.165) is 12.1 Å². The number of hydrogen-bond donors (Lipinski definition) is 2. The van der Waals surface area contributed by atoms with Crippen molar-refractivity contribution in [2.45, 2.75) is 26.4 Å². The van der Waals surface area contributed by atoms with Gasteiger partial charge in [0.1, 0.15) is 5.75 Å². The van der Waals surface area contributed by atoms with Crippen LogP contribution in [0.4, 0.5) is 35.0 Å². The Hall–Kier alpha value is -4.74. The molecule has 1 fully saturated rings. The maximum atomic E-state index is 13.6. The number of alkyl halides is 3. The third kappa shape index (κ3) is 7.80. The van der Waals surface area contributed by atoms with Gasteiger partial charge in [-0.25, -0.2) is 4.79 Å². The monoisotopic (exact) mass is 611 g/mol. The van der Waals surface area contributed by atoms with Crippen LogP contribution >= 0.6 is 0 Å². The predicted molar refractivity (Wildman–Crippen MR) is 164 cm³/mol. The van der Waals surface area contributed by atoms with Gasteiger partial charge in [0.2, 0.25) is 0 Å². The fourth-order valence-electron chi connectivity index (χ4n) is 5.02. The van der Waals surface area contributed by atoms with Crippen molar-refractivity contribution in [2.75, 3.05) is 61.9 Å². The second kappa shape index (κ2) is 14.2. The Bertz CT molecular complexity index is 1480. The Morgan fingerprint density at radius 1 is 0.864 bits per heavy atom. The predicted octanol–water partition coefficient (Wildman–Crippen LogP) is 6.19. The lowest BCUT2D eigenvalue weighted by molar-refractivity contribution is -0.137. The molecule has 0 radical (unpaired) electrons. The molecule has 1 aliphatic rings. The number of nitrogens with one attached hydrogen (secondary N) is 2. The number of carbonyl (C=O) groups is 3. The molecule has 1 aliphatic heterocycles. The number of nitrogens with zero attached hydrogens (tertiary/aromatic N) is 3. The molecule has 9 nitrogen and oxygen atoms in total. The molecular formula is C32H36F3N5O4. The summed E-state index contributed by atoms with van der Waals surface area (Å²) < 4.78 is 44.5. The van der Waals surface area contributed by atoms with Crippen LogP contribution in [0.5, 0.6) is 5.75 Å². The molecule has 0 bridgehead atoms. The Kier molecular flexibility index (Phi) is 10.4. The van der Waals surface area contributed by atoms with E-state index in [1.807, 2.05) is 18.7 Å². The number of benzene rings is 3. The van der Waals surface area contributed by atoms with Crippen LogP contribution in [0.15, 0.2) is 66.7 Å². The molecule has 0 unspecified atom stereocenters. The number of methoxy groups -OCH3 is 1. The average Bonchev–Trinajstić information content (AvgIpc) is 3.28. The second-order valence-electron chi connectivity index (χ2n) is 10.2. The maximum absolute atomic E-state index is 13.6. The lowest BCUT2D eigenvalue weighted by Crippen LogP contribution is -2.38. The summed E-state index contributed by atoms with van der Waals surface area (Å²) in [5, 5.41) is 5.44. The van der Waals surface area contributed by atoms with Crippen molar-refractivity contribution in [1.29, 1.82) is 0 Å². The van der Waals surface area contributed by atoms with Gasteiger partial charge in [-0.3, -0.25) is 9.59 Å². The highest BCUT2D eigenvalue weighted by molar-refractivity contribution is 6.06. The molecule has 0 aliphatic carbocycles. The number of ether oxygens (including phenoxy) is 1. The molecule has 12 heteroatoms. The summed E-state index contributed by atoms with van der Waals surface area (Å²) in [6.45, 7) is 6.40. The Morgan fingerprint density at radius 2 is 1.57 bits per heavy atom. The highest BCUT2D eigenvalue weighted by Crippen LogP contribution is 2.31. The maximum Gasteiger partial charge on any atom is 0.416 e. The van der Waals surface area contributed by atoms with Crippen LogP contribution in [-0.2, 0) is 6.18 Å². The van der Waals surface area contributed by atoms with E-state index in [-0.39, 0.29) is 17.5 Å². The molecule has 44 heavy (non-hydrogen) atoms. The van der Waals surface area contributed by atoms with Gasteiger partial charge in [0, 0.05) is 61.9 Å². The molecular weight excluding hydrogens is 575 g/mol. The first-order valence-corrected chi connectivity index (χ1v) is 14.4. The SMILES string of the molecule is CCN(CC)C(=O)c1cc(NC(=O)c2ccc(OC)cc2)ccc1N1CCCN(C(=O)Nc2cccc(C(F)(F)F)c2)CC1. The van der Waals surface area contributed by atoms with Crippen molar-refractivity contribution in [3.8, 4) is 5.75 Å². The van der Waals surface area contributed by atoms with Crippen LogP contribution in [0.1, 0.15) is 46.5 Å². The molecule has 3 aromatic carbocycles. The lowest BCUT2D eigenvalue weighted by atomic mass is 10.1. The molecule has 0 saturated carbocycles. The van der Waals surface area contributed by atoms with E-state index in [1.165, 1.54) is 12.1 Å². The zero-order valence-electron chi connectivity index (χ0n) is 24.9. The minimum Gasteiger partial charge on any atom is -0.497 e. The van der Waals surface area contributed by atoms with E-state index in [0.29, 0.717) is 73.9 Å². The van der Waals surface area contributed by atoms with Crippen LogP contribution in [0.3, 0.4) is 0 Å². The van der Waals surface area contributed by atoms with Gasteiger partial charge in [0.25, 0.3) is 11.8 Å². The summed E-state index contributed by atoms with van der Waals surface area (Å²) in [7, 11) is 1.54. The molecule has 4 amide bonds. The molecule has 3 aromatic rings. The smallest absolute Gasteiger partial charge is 0.416 e. The van der Waals surface area contributed by atoms with Crippen LogP contribution in [-0.4, -0.2) is 74.0 Å². The van der Waals surface area contributed by atoms with Gasteiger partial charge in [-0.15, -0.1) is 0 Å². The third-order valence-electron chi connectivity index (χ3n) is 7.45. The quantitative estimate of drug-likeness (QED) is 0.317. The van der Waals surface area contributed by atoms with Crippen LogP contribution in [0.2, 0.25) is 0 Å². The van der Waals surface area contributed by atoms with E-state index in [1.54, 1.807) is 59.4 Å². The minimum atomic E-state index is -4.52. The third-order valence-corrected chi connectivity index (χ3v) is 7.45. The van der Waals surface area contributed by atoms with Crippen LogP contribution < -0.4 is 20.3 Å². The van der Waals surface area contributed by atoms with Crippen molar-refractivity contribution < 1.29 is 32.3 Å². The number of hydrogen-bond acceptors (Lipinski definition) is 5. The molecule has 0 aromatic heterocycles. The Balaban J connectivity index is 1.52. The van der Waals surface area contributed by atoms with Gasteiger partial charge >= 0.3 is 12.2 Å². The molecule has 0 spiro atoms. The fourth-order valence-corrected chi connectivity index (χ4v) is 5.02. The van der Waals surface area contributed by atoms with Gasteiger partial charge in [0.05, 0.1) is 18.2 Å². The van der Waals surface area contributed by atoms with E-state index in [9.17, 15) is 27.6 Å². The number of halogens is 3. The largest absolute Gasteiger partial charge is 0.497 e. The van der Waals surface area contributed by atoms with Crippen LogP contribution in [0.25, 0.3) is 0 Å². The summed E-state index contributed by atoms with van der Waals surface area (Å²) >= 11 is 0.